The number of methoxy groups -OCH3 is 1. The third kappa shape index (κ3) is 5.29. The molecular formula is C21H24N4O3S. The van der Waals surface area contributed by atoms with Crippen LogP contribution in [0.1, 0.15) is 17.0 Å². The van der Waals surface area contributed by atoms with Gasteiger partial charge in [-0.05, 0) is 49.2 Å². The summed E-state index contributed by atoms with van der Waals surface area (Å²) in [7, 11) is 3.47. The molecule has 3 rings (SSSR count). The van der Waals surface area contributed by atoms with Crippen LogP contribution in [-0.4, -0.2) is 33.5 Å². The Hall–Kier alpha value is -3.00. The number of aromatic nitrogens is 3. The molecule has 0 bridgehead atoms. The van der Waals surface area contributed by atoms with Crippen LogP contribution in [0.15, 0.2) is 47.6 Å². The fourth-order valence-corrected chi connectivity index (χ4v) is 3.49. The van der Waals surface area contributed by atoms with Crippen LogP contribution in [-0.2, 0) is 18.4 Å². The molecule has 1 heterocycles. The van der Waals surface area contributed by atoms with Crippen LogP contribution in [0.25, 0.3) is 0 Å². The van der Waals surface area contributed by atoms with Crippen molar-refractivity contribution in [2.45, 2.75) is 25.6 Å². The number of ether oxygens (including phenoxy) is 2. The fraction of sp³-hybridized carbons (Fsp3) is 0.286. The van der Waals surface area contributed by atoms with Gasteiger partial charge in [0.1, 0.15) is 18.1 Å². The molecule has 7 nitrogen and oxygen atoms in total. The molecule has 0 radical (unpaired) electrons. The number of nitrogens with one attached hydrogen (secondary N) is 1. The van der Waals surface area contributed by atoms with E-state index in [1.165, 1.54) is 11.8 Å². The van der Waals surface area contributed by atoms with E-state index in [2.05, 4.69) is 15.5 Å². The predicted molar refractivity (Wildman–Crippen MR) is 114 cm³/mol. The van der Waals surface area contributed by atoms with Crippen molar-refractivity contribution < 1.29 is 14.3 Å². The number of benzene rings is 2. The normalized spacial score (nSPS) is 10.6. The largest absolute Gasteiger partial charge is 0.497 e. The van der Waals surface area contributed by atoms with E-state index in [0.29, 0.717) is 17.6 Å². The zero-order chi connectivity index (χ0) is 20.8. The number of nitrogens with zero attached hydrogens (tertiary/aromatic N) is 3. The summed E-state index contributed by atoms with van der Waals surface area (Å²) in [6.45, 7) is 4.34. The average Bonchev–Trinajstić information content (AvgIpc) is 3.06. The molecule has 152 valence electrons. The van der Waals surface area contributed by atoms with Crippen molar-refractivity contribution in [1.29, 1.82) is 0 Å². The zero-order valence-electron chi connectivity index (χ0n) is 16.9. The van der Waals surface area contributed by atoms with Crippen molar-refractivity contribution in [3.8, 4) is 11.5 Å². The first-order chi connectivity index (χ1) is 14.0. The average molecular weight is 413 g/mol. The van der Waals surface area contributed by atoms with Gasteiger partial charge in [-0.3, -0.25) is 4.79 Å². The number of amides is 1. The van der Waals surface area contributed by atoms with Gasteiger partial charge in [-0.25, -0.2) is 0 Å². The first-order valence-electron chi connectivity index (χ1n) is 9.12. The Morgan fingerprint density at radius 3 is 2.45 bits per heavy atom. The maximum absolute atomic E-state index is 12.2. The Balaban J connectivity index is 1.54. The summed E-state index contributed by atoms with van der Waals surface area (Å²) >= 11 is 1.33. The topological polar surface area (TPSA) is 78.3 Å². The Kier molecular flexibility index (Phi) is 6.77. The Morgan fingerprint density at radius 2 is 1.79 bits per heavy atom. The summed E-state index contributed by atoms with van der Waals surface area (Å²) in [5.41, 5.74) is 2.88. The summed E-state index contributed by atoms with van der Waals surface area (Å²) in [6, 6.07) is 13.2. The van der Waals surface area contributed by atoms with Gasteiger partial charge in [-0.2, -0.15) is 0 Å². The minimum atomic E-state index is -0.114. The molecule has 0 atom stereocenters. The lowest BCUT2D eigenvalue weighted by Gasteiger charge is -2.11. The van der Waals surface area contributed by atoms with Gasteiger partial charge in [0.25, 0.3) is 0 Å². The first-order valence-corrected chi connectivity index (χ1v) is 10.1. The first kappa shape index (κ1) is 20.7. The minimum Gasteiger partial charge on any atom is -0.497 e. The third-order valence-corrected chi connectivity index (χ3v) is 5.41. The number of para-hydroxylation sites is 1. The highest BCUT2D eigenvalue weighted by atomic mass is 32.2. The number of anilines is 1. The number of carbonyl (C=O) groups is 1. The van der Waals surface area contributed by atoms with Gasteiger partial charge in [0.05, 0.1) is 12.9 Å². The third-order valence-electron chi connectivity index (χ3n) is 4.39. The van der Waals surface area contributed by atoms with E-state index in [9.17, 15) is 4.79 Å². The van der Waals surface area contributed by atoms with Crippen LogP contribution in [0.4, 0.5) is 5.69 Å². The molecule has 8 heteroatoms. The molecule has 0 saturated carbocycles. The van der Waals surface area contributed by atoms with Gasteiger partial charge in [-0.1, -0.05) is 30.0 Å². The van der Waals surface area contributed by atoms with E-state index in [0.717, 1.165) is 28.3 Å². The van der Waals surface area contributed by atoms with Gasteiger partial charge in [-0.15, -0.1) is 10.2 Å². The predicted octanol–water partition coefficient (Wildman–Crippen LogP) is 3.75. The summed E-state index contributed by atoms with van der Waals surface area (Å²) in [6.07, 6.45) is 0. The highest BCUT2D eigenvalue weighted by Crippen LogP contribution is 2.24. The smallest absolute Gasteiger partial charge is 0.234 e. The molecular weight excluding hydrogens is 388 g/mol. The second-order valence-corrected chi connectivity index (χ2v) is 7.48. The van der Waals surface area contributed by atoms with Gasteiger partial charge < -0.3 is 19.4 Å². The van der Waals surface area contributed by atoms with E-state index >= 15 is 0 Å². The van der Waals surface area contributed by atoms with Crippen molar-refractivity contribution >= 4 is 23.4 Å². The van der Waals surface area contributed by atoms with Crippen molar-refractivity contribution in [1.82, 2.24) is 14.8 Å². The van der Waals surface area contributed by atoms with Crippen LogP contribution in [0, 0.1) is 13.8 Å². The van der Waals surface area contributed by atoms with Gasteiger partial charge in [0, 0.05) is 12.7 Å². The molecule has 0 fully saturated rings. The van der Waals surface area contributed by atoms with E-state index in [1.54, 1.807) is 31.4 Å². The number of thioether (sulfide) groups is 1. The van der Waals surface area contributed by atoms with Crippen LogP contribution >= 0.6 is 11.8 Å². The monoisotopic (exact) mass is 412 g/mol. The molecule has 0 saturated heterocycles. The summed E-state index contributed by atoms with van der Waals surface area (Å²) in [5.74, 6) is 2.42. The molecule has 1 N–H and O–H groups in total. The van der Waals surface area contributed by atoms with Crippen LogP contribution in [0.3, 0.4) is 0 Å². The van der Waals surface area contributed by atoms with E-state index < -0.39 is 0 Å². The molecule has 1 aromatic heterocycles. The highest BCUT2D eigenvalue weighted by molar-refractivity contribution is 7.99. The Bertz CT molecular complexity index is 966. The number of rotatable bonds is 8. The molecule has 0 aliphatic carbocycles. The molecule has 0 unspecified atom stereocenters. The standard InChI is InChI=1S/C21H24N4O3S/c1-14-6-5-7-15(2)20(14)28-12-18-23-24-21(25(18)3)29-13-19(26)22-16-8-10-17(27-4)11-9-16/h5-11H,12-13H2,1-4H3,(H,22,26). The van der Waals surface area contributed by atoms with E-state index in [-0.39, 0.29) is 11.7 Å². The number of hydrogen-bond donors (Lipinski definition) is 1. The maximum atomic E-state index is 12.2. The second-order valence-electron chi connectivity index (χ2n) is 6.53. The van der Waals surface area contributed by atoms with Crippen LogP contribution in [0.5, 0.6) is 11.5 Å². The van der Waals surface area contributed by atoms with Crippen LogP contribution in [0.2, 0.25) is 0 Å². The molecule has 29 heavy (non-hydrogen) atoms. The van der Waals surface area contributed by atoms with Gasteiger partial charge in [0.2, 0.25) is 5.91 Å². The van der Waals surface area contributed by atoms with Crippen molar-refractivity contribution in [3.63, 3.8) is 0 Å². The summed E-state index contributed by atoms with van der Waals surface area (Å²) in [5, 5.41) is 11.9. The van der Waals surface area contributed by atoms with Crippen molar-refractivity contribution in [2.75, 3.05) is 18.2 Å². The van der Waals surface area contributed by atoms with E-state index in [4.69, 9.17) is 9.47 Å². The molecule has 0 aliphatic heterocycles. The molecule has 3 aromatic rings. The van der Waals surface area contributed by atoms with Gasteiger partial charge >= 0.3 is 0 Å². The van der Waals surface area contributed by atoms with Gasteiger partial charge in [0.15, 0.2) is 11.0 Å². The lowest BCUT2D eigenvalue weighted by atomic mass is 10.1. The molecule has 1 amide bonds. The maximum Gasteiger partial charge on any atom is 0.234 e. The molecule has 2 aromatic carbocycles. The van der Waals surface area contributed by atoms with Crippen molar-refractivity contribution in [3.05, 3.63) is 59.4 Å². The Labute approximate surface area is 174 Å². The lowest BCUT2D eigenvalue weighted by molar-refractivity contribution is -0.113. The zero-order valence-corrected chi connectivity index (χ0v) is 17.7. The summed E-state index contributed by atoms with van der Waals surface area (Å²) < 4.78 is 12.9. The van der Waals surface area contributed by atoms with E-state index in [1.807, 2.05) is 43.7 Å². The SMILES string of the molecule is COc1ccc(NC(=O)CSc2nnc(COc3c(C)cccc3C)n2C)cc1. The number of hydrogen-bond acceptors (Lipinski definition) is 6. The molecule has 0 aliphatic rings. The summed E-state index contributed by atoms with van der Waals surface area (Å²) in [4.78, 5) is 12.2. The Morgan fingerprint density at radius 1 is 1.10 bits per heavy atom. The van der Waals surface area contributed by atoms with Crippen LogP contribution < -0.4 is 14.8 Å². The minimum absolute atomic E-state index is 0.114. The fourth-order valence-electron chi connectivity index (χ4n) is 2.76. The van der Waals surface area contributed by atoms with Crippen molar-refractivity contribution in [2.24, 2.45) is 7.05 Å². The number of aryl methyl sites for hydroxylation is 2. The second kappa shape index (κ2) is 9.47. The quantitative estimate of drug-likeness (QED) is 0.568. The molecule has 0 spiro atoms. The number of carbonyl (C=O) groups excluding carboxylic acids is 1. The lowest BCUT2D eigenvalue weighted by Crippen LogP contribution is -2.14. The highest BCUT2D eigenvalue weighted by Gasteiger charge is 2.13.